The molecule has 0 aromatic heterocycles. The smallest absolute Gasteiger partial charge is 0.468 e. The molecule has 1 N–H and O–H groups in total. The third-order valence-corrected chi connectivity index (χ3v) is 3.89. The highest BCUT2D eigenvalue weighted by Crippen LogP contribution is 2.24. The number of benzene rings is 2. The van der Waals surface area contributed by atoms with Gasteiger partial charge in [0.15, 0.2) is 0 Å². The Morgan fingerprint density at radius 3 is 2.21 bits per heavy atom. The van der Waals surface area contributed by atoms with Crippen molar-refractivity contribution in [2.75, 3.05) is 25.5 Å². The van der Waals surface area contributed by atoms with Gasteiger partial charge in [-0.3, -0.25) is 14.5 Å². The van der Waals surface area contributed by atoms with Crippen LogP contribution in [0.25, 0.3) is 0 Å². The second-order valence-electron chi connectivity index (χ2n) is 5.97. The number of methoxy groups -OCH3 is 1. The van der Waals surface area contributed by atoms with Gasteiger partial charge in [0, 0.05) is 17.3 Å². The van der Waals surface area contributed by atoms with Gasteiger partial charge in [-0.15, -0.1) is 13.2 Å². The minimum Gasteiger partial charge on any atom is -0.468 e. The Labute approximate surface area is 170 Å². The lowest BCUT2D eigenvalue weighted by Crippen LogP contribution is -2.37. The summed E-state index contributed by atoms with van der Waals surface area (Å²) in [5.74, 6) is -1.36. The average molecular weight is 431 g/mol. The van der Waals surface area contributed by atoms with Crippen LogP contribution in [0.5, 0.6) is 5.75 Å². The van der Waals surface area contributed by atoms with E-state index in [9.17, 15) is 22.8 Å². The first kappa shape index (κ1) is 22.5. The number of nitrogens with zero attached hydrogens (tertiary/aromatic N) is 1. The number of anilines is 1. The molecule has 0 bridgehead atoms. The highest BCUT2D eigenvalue weighted by Gasteiger charge is 2.31. The Balaban J connectivity index is 1.99. The summed E-state index contributed by atoms with van der Waals surface area (Å²) in [7, 11) is 1.24. The Hall–Kier alpha value is -2.78. The average Bonchev–Trinajstić information content (AvgIpc) is 2.63. The van der Waals surface area contributed by atoms with E-state index < -0.39 is 24.0 Å². The van der Waals surface area contributed by atoms with Gasteiger partial charge in [-0.2, -0.15) is 0 Å². The number of amides is 1. The number of esters is 1. The van der Waals surface area contributed by atoms with Gasteiger partial charge in [0.05, 0.1) is 20.2 Å². The zero-order valence-electron chi connectivity index (χ0n) is 15.3. The maximum Gasteiger partial charge on any atom is 0.573 e. The highest BCUT2D eigenvalue weighted by atomic mass is 35.5. The first-order chi connectivity index (χ1) is 13.6. The topological polar surface area (TPSA) is 67.9 Å². The van der Waals surface area contributed by atoms with E-state index in [0.717, 1.165) is 17.7 Å². The number of hydrogen-bond donors (Lipinski definition) is 1. The van der Waals surface area contributed by atoms with E-state index in [1.165, 1.54) is 19.2 Å². The van der Waals surface area contributed by atoms with E-state index in [4.69, 9.17) is 11.6 Å². The molecule has 1 amide bonds. The van der Waals surface area contributed by atoms with Crippen molar-refractivity contribution in [2.24, 2.45) is 0 Å². The molecule has 0 aliphatic rings. The summed E-state index contributed by atoms with van der Waals surface area (Å²) >= 11 is 5.85. The van der Waals surface area contributed by atoms with Crippen molar-refractivity contribution < 1.29 is 32.2 Å². The molecule has 2 aromatic rings. The van der Waals surface area contributed by atoms with Crippen LogP contribution in [0.1, 0.15) is 5.56 Å². The first-order valence-corrected chi connectivity index (χ1v) is 8.71. The van der Waals surface area contributed by atoms with Crippen molar-refractivity contribution in [3.8, 4) is 5.75 Å². The monoisotopic (exact) mass is 430 g/mol. The molecule has 2 rings (SSSR count). The van der Waals surface area contributed by atoms with Gasteiger partial charge in [-0.05, 0) is 42.0 Å². The molecule has 0 atom stereocenters. The minimum atomic E-state index is -4.79. The number of carbonyl (C=O) groups is 2. The third kappa shape index (κ3) is 8.41. The molecule has 0 unspecified atom stereocenters. The van der Waals surface area contributed by atoms with Crippen molar-refractivity contribution in [3.63, 3.8) is 0 Å². The van der Waals surface area contributed by atoms with Crippen LogP contribution in [-0.4, -0.2) is 43.3 Å². The van der Waals surface area contributed by atoms with E-state index >= 15 is 0 Å². The zero-order chi connectivity index (χ0) is 21.4. The summed E-state index contributed by atoms with van der Waals surface area (Å²) in [5, 5.41) is 3.12. The van der Waals surface area contributed by atoms with Gasteiger partial charge in [-0.1, -0.05) is 23.7 Å². The van der Waals surface area contributed by atoms with Gasteiger partial charge >= 0.3 is 12.3 Å². The van der Waals surface area contributed by atoms with Crippen molar-refractivity contribution in [1.29, 1.82) is 0 Å². The van der Waals surface area contributed by atoms with Crippen LogP contribution in [0.3, 0.4) is 0 Å². The molecule has 156 valence electrons. The lowest BCUT2D eigenvalue weighted by Gasteiger charge is -2.20. The van der Waals surface area contributed by atoms with E-state index in [2.05, 4.69) is 14.8 Å². The number of alkyl halides is 3. The van der Waals surface area contributed by atoms with Crippen LogP contribution < -0.4 is 10.1 Å². The second-order valence-corrected chi connectivity index (χ2v) is 6.40. The molecule has 0 spiro atoms. The van der Waals surface area contributed by atoms with Gasteiger partial charge in [0.25, 0.3) is 0 Å². The van der Waals surface area contributed by atoms with Crippen LogP contribution in [0.15, 0.2) is 48.5 Å². The van der Waals surface area contributed by atoms with Gasteiger partial charge < -0.3 is 14.8 Å². The van der Waals surface area contributed by atoms with Crippen LogP contribution in [0, 0.1) is 0 Å². The van der Waals surface area contributed by atoms with Gasteiger partial charge in [0.2, 0.25) is 5.91 Å². The molecule has 0 saturated heterocycles. The van der Waals surface area contributed by atoms with Gasteiger partial charge in [0.1, 0.15) is 5.75 Å². The maximum atomic E-state index is 12.3. The van der Waals surface area contributed by atoms with Crippen molar-refractivity contribution in [3.05, 3.63) is 59.1 Å². The van der Waals surface area contributed by atoms with Crippen LogP contribution in [-0.2, 0) is 20.9 Å². The summed E-state index contributed by atoms with van der Waals surface area (Å²) in [4.78, 5) is 25.5. The summed E-state index contributed by atoms with van der Waals surface area (Å²) in [5.41, 5.74) is 1.12. The van der Waals surface area contributed by atoms with E-state index in [-0.39, 0.29) is 25.3 Å². The summed E-state index contributed by atoms with van der Waals surface area (Å²) < 4.78 is 45.0. The Bertz CT molecular complexity index is 827. The zero-order valence-corrected chi connectivity index (χ0v) is 16.1. The number of halogens is 4. The molecule has 0 radical (unpaired) electrons. The molecule has 0 heterocycles. The standard InChI is InChI=1S/C19H18ClF3N2O4/c1-28-18(27)12-25(10-13-2-4-14(20)5-3-13)11-17(26)24-15-6-8-16(9-7-15)29-19(21,22)23/h2-9H,10-12H2,1H3,(H,24,26). The molecule has 0 fully saturated rings. The third-order valence-electron chi connectivity index (χ3n) is 3.64. The van der Waals surface area contributed by atoms with Crippen molar-refractivity contribution in [2.45, 2.75) is 12.9 Å². The predicted octanol–water partition coefficient (Wildman–Crippen LogP) is 3.85. The quantitative estimate of drug-likeness (QED) is 0.644. The first-order valence-electron chi connectivity index (χ1n) is 8.34. The molecule has 10 heteroatoms. The Morgan fingerprint density at radius 2 is 1.66 bits per heavy atom. The number of rotatable bonds is 8. The summed E-state index contributed by atoms with van der Waals surface area (Å²) in [6, 6.07) is 11.7. The van der Waals surface area contributed by atoms with Crippen LogP contribution in [0.4, 0.5) is 18.9 Å². The minimum absolute atomic E-state index is 0.120. The van der Waals surface area contributed by atoms with Crippen LogP contribution in [0.2, 0.25) is 5.02 Å². The largest absolute Gasteiger partial charge is 0.573 e. The van der Waals surface area contributed by atoms with E-state index in [1.807, 2.05) is 0 Å². The fourth-order valence-electron chi connectivity index (χ4n) is 2.41. The number of hydrogen-bond acceptors (Lipinski definition) is 5. The normalized spacial score (nSPS) is 11.2. The van der Waals surface area contributed by atoms with Gasteiger partial charge in [-0.25, -0.2) is 0 Å². The highest BCUT2D eigenvalue weighted by molar-refractivity contribution is 6.30. The lowest BCUT2D eigenvalue weighted by atomic mass is 10.2. The molecule has 6 nitrogen and oxygen atoms in total. The lowest BCUT2D eigenvalue weighted by molar-refractivity contribution is -0.274. The van der Waals surface area contributed by atoms with E-state index in [1.54, 1.807) is 29.2 Å². The SMILES string of the molecule is COC(=O)CN(CC(=O)Nc1ccc(OC(F)(F)F)cc1)Cc1ccc(Cl)cc1. The molecule has 29 heavy (non-hydrogen) atoms. The molecular weight excluding hydrogens is 413 g/mol. The molecule has 0 aliphatic carbocycles. The number of carbonyl (C=O) groups excluding carboxylic acids is 2. The second kappa shape index (κ2) is 10.1. The Morgan fingerprint density at radius 1 is 1.03 bits per heavy atom. The predicted molar refractivity (Wildman–Crippen MR) is 100 cm³/mol. The fraction of sp³-hybridized carbons (Fsp3) is 0.263. The van der Waals surface area contributed by atoms with E-state index in [0.29, 0.717) is 5.02 Å². The molecule has 0 aliphatic heterocycles. The van der Waals surface area contributed by atoms with Crippen molar-refractivity contribution >= 4 is 29.2 Å². The molecule has 0 saturated carbocycles. The number of ether oxygens (including phenoxy) is 2. The van der Waals surface area contributed by atoms with Crippen molar-refractivity contribution in [1.82, 2.24) is 4.90 Å². The van der Waals surface area contributed by atoms with Crippen LogP contribution >= 0.6 is 11.6 Å². The number of nitrogens with one attached hydrogen (secondary N) is 1. The summed E-state index contributed by atoms with van der Waals surface area (Å²) in [6.07, 6.45) is -4.79. The Kier molecular flexibility index (Phi) is 7.86. The molecular formula is C19H18ClF3N2O4. The summed E-state index contributed by atoms with van der Waals surface area (Å²) in [6.45, 7) is 0.0293. The maximum absolute atomic E-state index is 12.3. The molecule has 2 aromatic carbocycles. The fourth-order valence-corrected chi connectivity index (χ4v) is 2.53.